The molecule has 1 N–H and O–H groups in total. The Morgan fingerprint density at radius 1 is 1.47 bits per heavy atom. The number of aromatic nitrogens is 2. The van der Waals surface area contributed by atoms with Gasteiger partial charge in [-0.1, -0.05) is 19.4 Å². The van der Waals surface area contributed by atoms with Gasteiger partial charge in [-0.15, -0.1) is 0 Å². The molecule has 15 heavy (non-hydrogen) atoms. The zero-order valence-corrected chi connectivity index (χ0v) is 9.95. The standard InChI is InChI=1S/C12H21N3/c1-4-11(8-13-5-2)7-12-9-14-10-15(12)6-3/h7,9-10,13H,4-6,8H2,1-3H3. The van der Waals surface area contributed by atoms with Crippen molar-refractivity contribution in [2.75, 3.05) is 13.1 Å². The van der Waals surface area contributed by atoms with E-state index in [2.05, 4.69) is 41.7 Å². The van der Waals surface area contributed by atoms with E-state index >= 15 is 0 Å². The van der Waals surface area contributed by atoms with Crippen LogP contribution in [0.3, 0.4) is 0 Å². The maximum Gasteiger partial charge on any atom is 0.0950 e. The van der Waals surface area contributed by atoms with E-state index in [-0.39, 0.29) is 0 Å². The molecule has 0 aliphatic rings. The largest absolute Gasteiger partial charge is 0.331 e. The highest BCUT2D eigenvalue weighted by atomic mass is 15.0. The zero-order valence-electron chi connectivity index (χ0n) is 9.95. The minimum absolute atomic E-state index is 0.974. The van der Waals surface area contributed by atoms with Gasteiger partial charge in [0.1, 0.15) is 0 Å². The topological polar surface area (TPSA) is 29.9 Å². The van der Waals surface area contributed by atoms with E-state index in [0.29, 0.717) is 0 Å². The summed E-state index contributed by atoms with van der Waals surface area (Å²) in [5.41, 5.74) is 2.62. The van der Waals surface area contributed by atoms with Crippen LogP contribution in [0.2, 0.25) is 0 Å². The highest BCUT2D eigenvalue weighted by Crippen LogP contribution is 2.08. The number of imidazole rings is 1. The summed E-state index contributed by atoms with van der Waals surface area (Å²) >= 11 is 0. The predicted octanol–water partition coefficient (Wildman–Crippen LogP) is 2.31. The fourth-order valence-electron chi connectivity index (χ4n) is 1.49. The number of hydrogen-bond donors (Lipinski definition) is 1. The molecule has 3 nitrogen and oxygen atoms in total. The first kappa shape index (κ1) is 12.0. The summed E-state index contributed by atoms with van der Waals surface area (Å²) in [5, 5.41) is 3.35. The lowest BCUT2D eigenvalue weighted by molar-refractivity contribution is 0.746. The third-order valence-corrected chi connectivity index (χ3v) is 2.49. The van der Waals surface area contributed by atoms with Crippen LogP contribution in [0.1, 0.15) is 32.9 Å². The summed E-state index contributed by atoms with van der Waals surface area (Å²) in [7, 11) is 0. The van der Waals surface area contributed by atoms with Crippen molar-refractivity contribution in [3.63, 3.8) is 0 Å². The lowest BCUT2D eigenvalue weighted by Gasteiger charge is -2.06. The van der Waals surface area contributed by atoms with E-state index in [0.717, 1.165) is 26.1 Å². The summed E-state index contributed by atoms with van der Waals surface area (Å²) < 4.78 is 2.15. The normalized spacial score (nSPS) is 12.1. The Morgan fingerprint density at radius 2 is 2.27 bits per heavy atom. The smallest absolute Gasteiger partial charge is 0.0950 e. The number of aryl methyl sites for hydroxylation is 1. The van der Waals surface area contributed by atoms with Gasteiger partial charge in [-0.05, 0) is 26.0 Å². The first-order valence-electron chi connectivity index (χ1n) is 5.72. The van der Waals surface area contributed by atoms with Crippen LogP contribution >= 0.6 is 0 Å². The van der Waals surface area contributed by atoms with E-state index in [1.807, 2.05) is 12.5 Å². The van der Waals surface area contributed by atoms with Crippen LogP contribution in [0.4, 0.5) is 0 Å². The lowest BCUT2D eigenvalue weighted by Crippen LogP contribution is -2.15. The van der Waals surface area contributed by atoms with Gasteiger partial charge in [0.15, 0.2) is 0 Å². The summed E-state index contributed by atoms with van der Waals surface area (Å²) in [6, 6.07) is 0. The van der Waals surface area contributed by atoms with Crippen molar-refractivity contribution in [3.8, 4) is 0 Å². The number of nitrogens with zero attached hydrogens (tertiary/aromatic N) is 2. The van der Waals surface area contributed by atoms with Gasteiger partial charge >= 0.3 is 0 Å². The first-order chi connectivity index (χ1) is 7.31. The second kappa shape index (κ2) is 6.40. The maximum atomic E-state index is 4.16. The van der Waals surface area contributed by atoms with Crippen LogP contribution in [-0.4, -0.2) is 22.6 Å². The number of hydrogen-bond acceptors (Lipinski definition) is 2. The molecule has 0 amide bonds. The first-order valence-corrected chi connectivity index (χ1v) is 5.72. The molecule has 0 spiro atoms. The van der Waals surface area contributed by atoms with Gasteiger partial charge in [0, 0.05) is 13.1 Å². The monoisotopic (exact) mass is 207 g/mol. The highest BCUT2D eigenvalue weighted by Gasteiger charge is 1.99. The van der Waals surface area contributed by atoms with Crippen molar-refractivity contribution in [2.45, 2.75) is 33.7 Å². The van der Waals surface area contributed by atoms with Gasteiger partial charge in [0.2, 0.25) is 0 Å². The Balaban J connectivity index is 2.73. The highest BCUT2D eigenvalue weighted by molar-refractivity contribution is 5.48. The van der Waals surface area contributed by atoms with E-state index < -0.39 is 0 Å². The molecule has 0 aliphatic heterocycles. The molecule has 0 bridgehead atoms. The van der Waals surface area contributed by atoms with Crippen molar-refractivity contribution in [3.05, 3.63) is 23.8 Å². The van der Waals surface area contributed by atoms with Crippen molar-refractivity contribution in [1.82, 2.24) is 14.9 Å². The molecule has 0 radical (unpaired) electrons. The Labute approximate surface area is 92.2 Å². The predicted molar refractivity (Wildman–Crippen MR) is 64.7 cm³/mol. The van der Waals surface area contributed by atoms with E-state index in [9.17, 15) is 0 Å². The summed E-state index contributed by atoms with van der Waals surface area (Å²) in [4.78, 5) is 4.16. The number of likely N-dealkylation sites (N-methyl/N-ethyl adjacent to an activating group) is 1. The fourth-order valence-corrected chi connectivity index (χ4v) is 1.49. The van der Waals surface area contributed by atoms with Crippen LogP contribution in [0.15, 0.2) is 18.1 Å². The zero-order chi connectivity index (χ0) is 11.1. The quantitative estimate of drug-likeness (QED) is 0.775. The molecule has 1 rings (SSSR count). The van der Waals surface area contributed by atoms with Crippen molar-refractivity contribution < 1.29 is 0 Å². The van der Waals surface area contributed by atoms with Crippen LogP contribution < -0.4 is 5.32 Å². The van der Waals surface area contributed by atoms with Crippen LogP contribution in [0, 0.1) is 0 Å². The molecule has 0 aromatic carbocycles. The van der Waals surface area contributed by atoms with Crippen LogP contribution in [0.5, 0.6) is 0 Å². The third kappa shape index (κ3) is 3.51. The molecule has 0 unspecified atom stereocenters. The Morgan fingerprint density at radius 3 is 2.87 bits per heavy atom. The van der Waals surface area contributed by atoms with Gasteiger partial charge in [-0.25, -0.2) is 4.98 Å². The molecule has 0 fully saturated rings. The number of nitrogens with one attached hydrogen (secondary N) is 1. The molecule has 1 heterocycles. The van der Waals surface area contributed by atoms with E-state index in [1.54, 1.807) is 0 Å². The van der Waals surface area contributed by atoms with Gasteiger partial charge in [-0.3, -0.25) is 0 Å². The SMILES string of the molecule is CCNCC(=Cc1cncn1CC)CC. The molecule has 0 saturated heterocycles. The summed E-state index contributed by atoms with van der Waals surface area (Å²) in [6.07, 6.45) is 7.12. The Kier molecular flexibility index (Phi) is 5.12. The molecular weight excluding hydrogens is 186 g/mol. The van der Waals surface area contributed by atoms with Crippen LogP contribution in [0.25, 0.3) is 6.08 Å². The van der Waals surface area contributed by atoms with Crippen molar-refractivity contribution in [2.24, 2.45) is 0 Å². The minimum atomic E-state index is 0.974. The molecule has 0 saturated carbocycles. The second-order valence-electron chi connectivity index (χ2n) is 3.54. The Bertz CT molecular complexity index is 312. The minimum Gasteiger partial charge on any atom is -0.331 e. The van der Waals surface area contributed by atoms with Crippen molar-refractivity contribution in [1.29, 1.82) is 0 Å². The van der Waals surface area contributed by atoms with E-state index in [1.165, 1.54) is 11.3 Å². The van der Waals surface area contributed by atoms with Crippen LogP contribution in [-0.2, 0) is 6.54 Å². The van der Waals surface area contributed by atoms with Gasteiger partial charge in [0.05, 0.1) is 18.2 Å². The third-order valence-electron chi connectivity index (χ3n) is 2.49. The molecule has 84 valence electrons. The van der Waals surface area contributed by atoms with Gasteiger partial charge < -0.3 is 9.88 Å². The van der Waals surface area contributed by atoms with Gasteiger partial charge in [0.25, 0.3) is 0 Å². The molecule has 1 aromatic rings. The maximum absolute atomic E-state index is 4.16. The van der Waals surface area contributed by atoms with Crippen molar-refractivity contribution >= 4 is 6.08 Å². The average Bonchev–Trinajstić information content (AvgIpc) is 2.71. The molecular formula is C12H21N3. The second-order valence-corrected chi connectivity index (χ2v) is 3.54. The van der Waals surface area contributed by atoms with E-state index in [4.69, 9.17) is 0 Å². The summed E-state index contributed by atoms with van der Waals surface area (Å²) in [5.74, 6) is 0. The number of rotatable bonds is 6. The Hall–Kier alpha value is -1.09. The average molecular weight is 207 g/mol. The molecule has 3 heteroatoms. The van der Waals surface area contributed by atoms with Gasteiger partial charge in [-0.2, -0.15) is 0 Å². The molecule has 0 atom stereocenters. The fraction of sp³-hybridized carbons (Fsp3) is 0.583. The molecule has 0 aliphatic carbocycles. The molecule has 1 aromatic heterocycles. The summed E-state index contributed by atoms with van der Waals surface area (Å²) in [6.45, 7) is 9.42. The lowest BCUT2D eigenvalue weighted by atomic mass is 10.1.